The third-order valence-electron chi connectivity index (χ3n) is 4.18. The Morgan fingerprint density at radius 3 is 2.75 bits per heavy atom. The van der Waals surface area contributed by atoms with Gasteiger partial charge < -0.3 is 14.8 Å². The van der Waals surface area contributed by atoms with Gasteiger partial charge in [0.1, 0.15) is 12.4 Å². The third kappa shape index (κ3) is 4.39. The summed E-state index contributed by atoms with van der Waals surface area (Å²) in [5.74, 6) is 0.900. The lowest BCUT2D eigenvalue weighted by atomic mass is 9.95. The average Bonchev–Trinajstić information content (AvgIpc) is 2.66. The van der Waals surface area contributed by atoms with Crippen LogP contribution >= 0.6 is 0 Å². The Balaban J connectivity index is 1.73. The number of benzene rings is 2. The number of hydrogen-bond donors (Lipinski definition) is 1. The standard InChI is InChI=1S/C21H25NO2/c1-2-22-21(19-11-7-13-23-16-19)18-10-6-12-20(14-18)24-15-17-8-4-3-5-9-17/h3-6,8-10,12,14,16,21-22H,2,7,11,13,15H2,1H3. The van der Waals surface area contributed by atoms with Crippen LogP contribution in [-0.2, 0) is 11.3 Å². The van der Waals surface area contributed by atoms with E-state index in [0.29, 0.717) is 6.61 Å². The number of nitrogens with one attached hydrogen (secondary N) is 1. The largest absolute Gasteiger partial charge is 0.501 e. The van der Waals surface area contributed by atoms with E-state index in [1.54, 1.807) is 0 Å². The maximum atomic E-state index is 5.97. The minimum atomic E-state index is 0.190. The molecule has 126 valence electrons. The van der Waals surface area contributed by atoms with E-state index in [9.17, 15) is 0 Å². The Morgan fingerprint density at radius 2 is 2.00 bits per heavy atom. The molecule has 0 aromatic heterocycles. The van der Waals surface area contributed by atoms with Crippen molar-refractivity contribution in [1.82, 2.24) is 5.32 Å². The summed E-state index contributed by atoms with van der Waals surface area (Å²) < 4.78 is 11.5. The summed E-state index contributed by atoms with van der Waals surface area (Å²) in [5.41, 5.74) is 3.71. The van der Waals surface area contributed by atoms with Gasteiger partial charge in [-0.15, -0.1) is 0 Å². The highest BCUT2D eigenvalue weighted by molar-refractivity contribution is 5.35. The van der Waals surface area contributed by atoms with E-state index in [1.165, 1.54) is 16.7 Å². The lowest BCUT2D eigenvalue weighted by Crippen LogP contribution is -2.24. The molecule has 0 saturated heterocycles. The van der Waals surface area contributed by atoms with Crippen molar-refractivity contribution in [3.63, 3.8) is 0 Å². The quantitative estimate of drug-likeness (QED) is 0.807. The van der Waals surface area contributed by atoms with Crippen molar-refractivity contribution in [1.29, 1.82) is 0 Å². The van der Waals surface area contributed by atoms with E-state index in [1.807, 2.05) is 30.5 Å². The topological polar surface area (TPSA) is 30.5 Å². The molecule has 1 N–H and O–H groups in total. The lowest BCUT2D eigenvalue weighted by molar-refractivity contribution is 0.219. The first kappa shape index (κ1) is 16.6. The zero-order valence-electron chi connectivity index (χ0n) is 14.2. The van der Waals surface area contributed by atoms with Gasteiger partial charge in [0.05, 0.1) is 18.9 Å². The van der Waals surface area contributed by atoms with Crippen LogP contribution in [0, 0.1) is 0 Å². The predicted molar refractivity (Wildman–Crippen MR) is 96.9 cm³/mol. The first-order valence-electron chi connectivity index (χ1n) is 8.67. The van der Waals surface area contributed by atoms with Gasteiger partial charge in [-0.1, -0.05) is 49.4 Å². The molecule has 0 bridgehead atoms. The lowest BCUT2D eigenvalue weighted by Gasteiger charge is -2.24. The van der Waals surface area contributed by atoms with Gasteiger partial charge in [0.2, 0.25) is 0 Å². The molecule has 3 nitrogen and oxygen atoms in total. The first-order chi connectivity index (χ1) is 11.9. The van der Waals surface area contributed by atoms with Gasteiger partial charge in [-0.2, -0.15) is 0 Å². The molecule has 0 spiro atoms. The van der Waals surface area contributed by atoms with Crippen LogP contribution in [0.3, 0.4) is 0 Å². The molecule has 2 aromatic rings. The van der Waals surface area contributed by atoms with Crippen LogP contribution in [0.5, 0.6) is 5.75 Å². The minimum Gasteiger partial charge on any atom is -0.501 e. The summed E-state index contributed by atoms with van der Waals surface area (Å²) in [4.78, 5) is 0. The van der Waals surface area contributed by atoms with E-state index in [0.717, 1.165) is 31.7 Å². The molecule has 2 aromatic carbocycles. The summed E-state index contributed by atoms with van der Waals surface area (Å²) in [6, 6.07) is 18.8. The molecule has 0 saturated carbocycles. The van der Waals surface area contributed by atoms with Gasteiger partial charge in [-0.25, -0.2) is 0 Å². The molecule has 0 fully saturated rings. The molecular weight excluding hydrogens is 298 g/mol. The van der Waals surface area contributed by atoms with E-state index in [-0.39, 0.29) is 6.04 Å². The predicted octanol–water partition coefficient (Wildman–Crippen LogP) is 4.61. The van der Waals surface area contributed by atoms with Crippen LogP contribution in [0.15, 0.2) is 66.4 Å². The fourth-order valence-electron chi connectivity index (χ4n) is 2.99. The summed E-state index contributed by atoms with van der Waals surface area (Å²) in [6.07, 6.45) is 4.08. The molecule has 1 aliphatic heterocycles. The van der Waals surface area contributed by atoms with Gasteiger partial charge in [-0.3, -0.25) is 0 Å². The van der Waals surface area contributed by atoms with E-state index >= 15 is 0 Å². The van der Waals surface area contributed by atoms with E-state index in [2.05, 4.69) is 42.6 Å². The molecule has 1 unspecified atom stereocenters. The van der Waals surface area contributed by atoms with Crippen LogP contribution in [0.4, 0.5) is 0 Å². The maximum absolute atomic E-state index is 5.97. The van der Waals surface area contributed by atoms with Crippen molar-refractivity contribution in [3.05, 3.63) is 77.6 Å². The van der Waals surface area contributed by atoms with Gasteiger partial charge in [0.15, 0.2) is 0 Å². The van der Waals surface area contributed by atoms with Crippen molar-refractivity contribution in [2.24, 2.45) is 0 Å². The van der Waals surface area contributed by atoms with Crippen molar-refractivity contribution in [2.45, 2.75) is 32.4 Å². The van der Waals surface area contributed by atoms with Crippen LogP contribution in [0.1, 0.15) is 36.9 Å². The second kappa shape index (κ2) is 8.55. The zero-order valence-corrected chi connectivity index (χ0v) is 14.2. The molecule has 0 aliphatic carbocycles. The van der Waals surface area contributed by atoms with Crippen LogP contribution in [0.2, 0.25) is 0 Å². The highest BCUT2D eigenvalue weighted by Crippen LogP contribution is 2.29. The molecule has 0 radical (unpaired) electrons. The monoisotopic (exact) mass is 323 g/mol. The van der Waals surface area contributed by atoms with Crippen LogP contribution in [0.25, 0.3) is 0 Å². The van der Waals surface area contributed by atoms with Crippen molar-refractivity contribution in [2.75, 3.05) is 13.2 Å². The van der Waals surface area contributed by atoms with Gasteiger partial charge >= 0.3 is 0 Å². The number of rotatable bonds is 7. The second-order valence-electron chi connectivity index (χ2n) is 6.00. The van der Waals surface area contributed by atoms with Crippen LogP contribution < -0.4 is 10.1 Å². The molecule has 1 atom stereocenters. The molecule has 24 heavy (non-hydrogen) atoms. The Bertz CT molecular complexity index is 667. The molecule has 1 aliphatic rings. The van der Waals surface area contributed by atoms with Crippen LogP contribution in [-0.4, -0.2) is 13.2 Å². The molecule has 0 amide bonds. The summed E-state index contributed by atoms with van der Waals surface area (Å²) in [5, 5.41) is 3.57. The van der Waals surface area contributed by atoms with Gasteiger partial charge in [-0.05, 0) is 48.2 Å². The van der Waals surface area contributed by atoms with Crippen molar-refractivity contribution in [3.8, 4) is 5.75 Å². The molecular formula is C21H25NO2. The third-order valence-corrected chi connectivity index (χ3v) is 4.18. The van der Waals surface area contributed by atoms with E-state index in [4.69, 9.17) is 9.47 Å². The Labute approximate surface area is 144 Å². The highest BCUT2D eigenvalue weighted by Gasteiger charge is 2.18. The van der Waals surface area contributed by atoms with Crippen molar-refractivity contribution < 1.29 is 9.47 Å². The van der Waals surface area contributed by atoms with Gasteiger partial charge in [0.25, 0.3) is 0 Å². The van der Waals surface area contributed by atoms with Gasteiger partial charge in [0, 0.05) is 0 Å². The summed E-state index contributed by atoms with van der Waals surface area (Å²) in [6.45, 7) is 4.45. The first-order valence-corrected chi connectivity index (χ1v) is 8.67. The SMILES string of the molecule is CCNC(C1=COCCC1)c1cccc(OCc2ccccc2)c1. The number of likely N-dealkylation sites (N-methyl/N-ethyl adjacent to an activating group) is 1. The second-order valence-corrected chi connectivity index (χ2v) is 6.00. The van der Waals surface area contributed by atoms with E-state index < -0.39 is 0 Å². The summed E-state index contributed by atoms with van der Waals surface area (Å²) >= 11 is 0. The molecule has 3 heteroatoms. The maximum Gasteiger partial charge on any atom is 0.120 e. The normalized spacial score (nSPS) is 15.3. The van der Waals surface area contributed by atoms with Crippen molar-refractivity contribution >= 4 is 0 Å². The zero-order chi connectivity index (χ0) is 16.6. The fraction of sp³-hybridized carbons (Fsp3) is 0.333. The number of hydrogen-bond acceptors (Lipinski definition) is 3. The molecule has 3 rings (SSSR count). The highest BCUT2D eigenvalue weighted by atomic mass is 16.5. The molecule has 1 heterocycles. The Hall–Kier alpha value is -2.26. The fourth-order valence-corrected chi connectivity index (χ4v) is 2.99. The number of ether oxygens (including phenoxy) is 2. The minimum absolute atomic E-state index is 0.190. The smallest absolute Gasteiger partial charge is 0.120 e. The Morgan fingerprint density at radius 1 is 1.12 bits per heavy atom. The average molecular weight is 323 g/mol. The summed E-state index contributed by atoms with van der Waals surface area (Å²) in [7, 11) is 0. The Kier molecular flexibility index (Phi) is 5.91.